The first-order valence-corrected chi connectivity index (χ1v) is 4.06. The second-order valence-electron chi connectivity index (χ2n) is 2.88. The molecule has 3 nitrogen and oxygen atoms in total. The summed E-state index contributed by atoms with van der Waals surface area (Å²) in [5, 5.41) is 12.7. The normalized spacial score (nSPS) is 11.7. The maximum Gasteiger partial charge on any atom is 0.0616 e. The van der Waals surface area contributed by atoms with Crippen molar-refractivity contribution in [2.24, 2.45) is 0 Å². The van der Waals surface area contributed by atoms with Gasteiger partial charge in [0.2, 0.25) is 0 Å². The maximum absolute atomic E-state index is 8.58. The second kappa shape index (κ2) is 4.07. The van der Waals surface area contributed by atoms with Crippen LogP contribution < -0.4 is 0 Å². The smallest absolute Gasteiger partial charge is 0.0616 e. The van der Waals surface area contributed by atoms with Crippen LogP contribution in [0.3, 0.4) is 0 Å². The molecule has 0 aliphatic carbocycles. The number of aliphatic hydroxyl groups is 1. The average Bonchev–Trinajstić information content (AvgIpc) is 2.48. The molecule has 0 bridgehead atoms. The van der Waals surface area contributed by atoms with Gasteiger partial charge in [-0.3, -0.25) is 4.68 Å². The Morgan fingerprint density at radius 1 is 1.67 bits per heavy atom. The van der Waals surface area contributed by atoms with Crippen molar-refractivity contribution in [2.45, 2.75) is 19.9 Å². The molecule has 1 aromatic heterocycles. The molecule has 1 N–H and O–H groups in total. The van der Waals surface area contributed by atoms with Gasteiger partial charge in [0.15, 0.2) is 0 Å². The van der Waals surface area contributed by atoms with Crippen LogP contribution in [0.5, 0.6) is 0 Å². The molecule has 1 rings (SSSR count). The number of rotatable bonds is 3. The van der Waals surface area contributed by atoms with E-state index in [4.69, 9.17) is 5.11 Å². The van der Waals surface area contributed by atoms with E-state index in [0.29, 0.717) is 6.04 Å². The number of aromatic nitrogens is 2. The van der Waals surface area contributed by atoms with Gasteiger partial charge in [-0.1, -0.05) is 6.08 Å². The number of nitrogens with zero attached hydrogens (tertiary/aromatic N) is 2. The molecule has 0 aromatic carbocycles. The minimum atomic E-state index is 0.0727. The lowest BCUT2D eigenvalue weighted by Crippen LogP contribution is -2.04. The standard InChI is InChI=1S/C9H14N2O/c1-8(2)11-9(4-3-7-12)5-6-10-11/h3-6,8,12H,7H2,1-2H3/b4-3+. The molecule has 0 saturated heterocycles. The van der Waals surface area contributed by atoms with Crippen molar-refractivity contribution in [3.05, 3.63) is 24.0 Å². The van der Waals surface area contributed by atoms with Crippen LogP contribution in [0, 0.1) is 0 Å². The summed E-state index contributed by atoms with van der Waals surface area (Å²) in [5.41, 5.74) is 1.03. The summed E-state index contributed by atoms with van der Waals surface area (Å²) in [6.07, 6.45) is 5.33. The van der Waals surface area contributed by atoms with Gasteiger partial charge in [-0.15, -0.1) is 0 Å². The van der Waals surface area contributed by atoms with Crippen molar-refractivity contribution in [1.82, 2.24) is 9.78 Å². The second-order valence-corrected chi connectivity index (χ2v) is 2.88. The van der Waals surface area contributed by atoms with Gasteiger partial charge in [-0.25, -0.2) is 0 Å². The van der Waals surface area contributed by atoms with Gasteiger partial charge in [-0.2, -0.15) is 5.10 Å². The van der Waals surface area contributed by atoms with Crippen molar-refractivity contribution in [2.75, 3.05) is 6.61 Å². The van der Waals surface area contributed by atoms with Gasteiger partial charge < -0.3 is 5.11 Å². The van der Waals surface area contributed by atoms with Gasteiger partial charge in [0.05, 0.1) is 12.3 Å². The summed E-state index contributed by atoms with van der Waals surface area (Å²) in [4.78, 5) is 0. The third-order valence-corrected chi connectivity index (χ3v) is 1.58. The lowest BCUT2D eigenvalue weighted by molar-refractivity contribution is 0.343. The molecule has 0 radical (unpaired) electrons. The van der Waals surface area contributed by atoms with E-state index in [1.807, 2.05) is 16.8 Å². The third kappa shape index (κ3) is 1.95. The van der Waals surface area contributed by atoms with Crippen LogP contribution in [0.4, 0.5) is 0 Å². The molecular formula is C9H14N2O. The van der Waals surface area contributed by atoms with Crippen molar-refractivity contribution < 1.29 is 5.11 Å². The van der Waals surface area contributed by atoms with Crippen LogP contribution in [0.2, 0.25) is 0 Å². The molecule has 0 unspecified atom stereocenters. The number of hydrogen-bond acceptors (Lipinski definition) is 2. The first-order valence-electron chi connectivity index (χ1n) is 4.06. The molecule has 66 valence electrons. The van der Waals surface area contributed by atoms with E-state index in [9.17, 15) is 0 Å². The molecule has 1 aromatic rings. The van der Waals surface area contributed by atoms with E-state index >= 15 is 0 Å². The third-order valence-electron chi connectivity index (χ3n) is 1.58. The highest BCUT2D eigenvalue weighted by Gasteiger charge is 2.01. The van der Waals surface area contributed by atoms with Crippen LogP contribution >= 0.6 is 0 Å². The minimum Gasteiger partial charge on any atom is -0.392 e. The monoisotopic (exact) mass is 166 g/mol. The zero-order valence-electron chi connectivity index (χ0n) is 7.44. The summed E-state index contributed by atoms with van der Waals surface area (Å²) in [5.74, 6) is 0. The zero-order valence-corrected chi connectivity index (χ0v) is 7.44. The zero-order chi connectivity index (χ0) is 8.97. The topological polar surface area (TPSA) is 38.0 Å². The molecule has 12 heavy (non-hydrogen) atoms. The molecule has 0 saturated carbocycles. The first kappa shape index (κ1) is 9.00. The molecule has 0 spiro atoms. The fraction of sp³-hybridized carbons (Fsp3) is 0.444. The molecule has 0 fully saturated rings. The van der Waals surface area contributed by atoms with Crippen molar-refractivity contribution in [3.63, 3.8) is 0 Å². The van der Waals surface area contributed by atoms with E-state index in [0.717, 1.165) is 5.69 Å². The number of hydrogen-bond donors (Lipinski definition) is 1. The highest BCUT2D eigenvalue weighted by Crippen LogP contribution is 2.08. The van der Waals surface area contributed by atoms with Gasteiger partial charge in [-0.05, 0) is 26.0 Å². The van der Waals surface area contributed by atoms with E-state index in [2.05, 4.69) is 18.9 Å². The van der Waals surface area contributed by atoms with Crippen LogP contribution in [0.15, 0.2) is 18.3 Å². The Kier molecular flexibility index (Phi) is 3.05. The Balaban J connectivity index is 2.84. The fourth-order valence-corrected chi connectivity index (χ4v) is 1.06. The van der Waals surface area contributed by atoms with Crippen LogP contribution in [-0.2, 0) is 0 Å². The Labute approximate surface area is 72.3 Å². The van der Waals surface area contributed by atoms with Gasteiger partial charge in [0.25, 0.3) is 0 Å². The van der Waals surface area contributed by atoms with E-state index < -0.39 is 0 Å². The van der Waals surface area contributed by atoms with E-state index in [1.165, 1.54) is 0 Å². The highest BCUT2D eigenvalue weighted by atomic mass is 16.2. The van der Waals surface area contributed by atoms with Crippen molar-refractivity contribution >= 4 is 6.08 Å². The molecule has 1 heterocycles. The highest BCUT2D eigenvalue weighted by molar-refractivity contribution is 5.44. The molecule has 3 heteroatoms. The minimum absolute atomic E-state index is 0.0727. The maximum atomic E-state index is 8.58. The predicted octanol–water partition coefficient (Wildman–Crippen LogP) is 1.47. The van der Waals surface area contributed by atoms with Crippen LogP contribution in [-0.4, -0.2) is 21.5 Å². The molecular weight excluding hydrogens is 152 g/mol. The van der Waals surface area contributed by atoms with Crippen molar-refractivity contribution in [1.29, 1.82) is 0 Å². The Morgan fingerprint density at radius 2 is 2.42 bits per heavy atom. The summed E-state index contributed by atoms with van der Waals surface area (Å²) in [6, 6.07) is 2.28. The molecule has 0 atom stereocenters. The number of aliphatic hydroxyl groups excluding tert-OH is 1. The summed E-state index contributed by atoms with van der Waals surface area (Å²) >= 11 is 0. The Morgan fingerprint density at radius 3 is 3.00 bits per heavy atom. The first-order chi connectivity index (χ1) is 5.75. The quantitative estimate of drug-likeness (QED) is 0.738. The molecule has 0 amide bonds. The molecule has 0 aliphatic heterocycles. The Hall–Kier alpha value is -1.09. The van der Waals surface area contributed by atoms with Gasteiger partial charge in [0, 0.05) is 12.2 Å². The lowest BCUT2D eigenvalue weighted by Gasteiger charge is -2.07. The van der Waals surface area contributed by atoms with E-state index in [-0.39, 0.29) is 6.61 Å². The van der Waals surface area contributed by atoms with Gasteiger partial charge in [0.1, 0.15) is 0 Å². The SMILES string of the molecule is CC(C)n1nccc1/C=C/CO. The average molecular weight is 166 g/mol. The Bertz CT molecular complexity index is 263. The van der Waals surface area contributed by atoms with Gasteiger partial charge >= 0.3 is 0 Å². The lowest BCUT2D eigenvalue weighted by atomic mass is 10.3. The van der Waals surface area contributed by atoms with E-state index in [1.54, 1.807) is 12.3 Å². The van der Waals surface area contributed by atoms with Crippen molar-refractivity contribution in [3.8, 4) is 0 Å². The summed E-state index contributed by atoms with van der Waals surface area (Å²) in [7, 11) is 0. The van der Waals surface area contributed by atoms with Crippen LogP contribution in [0.25, 0.3) is 6.08 Å². The largest absolute Gasteiger partial charge is 0.392 e. The summed E-state index contributed by atoms with van der Waals surface area (Å²) in [6.45, 7) is 4.22. The molecule has 0 aliphatic rings. The predicted molar refractivity (Wildman–Crippen MR) is 48.7 cm³/mol. The fourth-order valence-electron chi connectivity index (χ4n) is 1.06. The van der Waals surface area contributed by atoms with Crippen LogP contribution in [0.1, 0.15) is 25.6 Å². The summed E-state index contributed by atoms with van der Waals surface area (Å²) < 4.78 is 1.91.